The molecule has 4 heteroatoms. The van der Waals surface area contributed by atoms with E-state index in [1.807, 2.05) is 12.3 Å². The molecule has 0 atom stereocenters. The van der Waals surface area contributed by atoms with Crippen LogP contribution < -0.4 is 5.32 Å². The third-order valence-corrected chi connectivity index (χ3v) is 2.59. The molecule has 2 aromatic heterocycles. The van der Waals surface area contributed by atoms with Crippen LogP contribution in [0.4, 0.5) is 5.82 Å². The van der Waals surface area contributed by atoms with Crippen LogP contribution in [0.15, 0.2) is 11.4 Å². The second kappa shape index (κ2) is 3.30. The van der Waals surface area contributed by atoms with E-state index in [-0.39, 0.29) is 0 Å². The molecule has 1 N–H and O–H groups in total. The molecular formula is C9H11N3S. The molecule has 0 aliphatic carbocycles. The van der Waals surface area contributed by atoms with Crippen LogP contribution >= 0.6 is 11.3 Å². The Hall–Kier alpha value is -1.16. The van der Waals surface area contributed by atoms with E-state index in [1.54, 1.807) is 11.3 Å². The molecule has 0 radical (unpaired) electrons. The highest BCUT2D eigenvalue weighted by Gasteiger charge is 2.04. The predicted molar refractivity (Wildman–Crippen MR) is 56.3 cm³/mol. The van der Waals surface area contributed by atoms with Crippen LogP contribution in [0.2, 0.25) is 0 Å². The Balaban J connectivity index is 2.63. The number of fused-ring (bicyclic) bond motifs is 1. The lowest BCUT2D eigenvalue weighted by molar-refractivity contribution is 1.07. The van der Waals surface area contributed by atoms with Crippen molar-refractivity contribution in [2.75, 3.05) is 11.9 Å². The first-order valence-corrected chi connectivity index (χ1v) is 5.15. The van der Waals surface area contributed by atoms with Gasteiger partial charge in [-0.15, -0.1) is 11.3 Å². The molecule has 0 fully saturated rings. The van der Waals surface area contributed by atoms with E-state index in [0.29, 0.717) is 0 Å². The van der Waals surface area contributed by atoms with E-state index in [1.165, 1.54) is 0 Å². The first kappa shape index (κ1) is 8.44. The zero-order valence-corrected chi connectivity index (χ0v) is 8.48. The minimum Gasteiger partial charge on any atom is -0.370 e. The molecule has 0 saturated heterocycles. The molecule has 13 heavy (non-hydrogen) atoms. The summed E-state index contributed by atoms with van der Waals surface area (Å²) in [6.45, 7) is 4.87. The summed E-state index contributed by atoms with van der Waals surface area (Å²) in [5.74, 6) is 1.78. The molecular weight excluding hydrogens is 182 g/mol. The zero-order valence-electron chi connectivity index (χ0n) is 7.66. The minimum atomic E-state index is 0.825. The summed E-state index contributed by atoms with van der Waals surface area (Å²) in [4.78, 5) is 9.75. The highest BCUT2D eigenvalue weighted by atomic mass is 32.1. The smallest absolute Gasteiger partial charge is 0.138 e. The standard InChI is InChI=1S/C9H11N3S/c1-3-10-8-7-4-5-13-9(7)12-6(2)11-8/h4-5H,3H2,1-2H3,(H,10,11,12). The maximum Gasteiger partial charge on any atom is 0.138 e. The fraction of sp³-hybridized carbons (Fsp3) is 0.333. The lowest BCUT2D eigenvalue weighted by atomic mass is 10.3. The summed E-state index contributed by atoms with van der Waals surface area (Å²) < 4.78 is 0. The summed E-state index contributed by atoms with van der Waals surface area (Å²) in [6, 6.07) is 2.05. The number of anilines is 1. The van der Waals surface area contributed by atoms with Gasteiger partial charge in [0.25, 0.3) is 0 Å². The van der Waals surface area contributed by atoms with Crippen molar-refractivity contribution in [3.05, 3.63) is 17.3 Å². The Morgan fingerprint density at radius 1 is 1.46 bits per heavy atom. The van der Waals surface area contributed by atoms with Crippen molar-refractivity contribution in [2.45, 2.75) is 13.8 Å². The van der Waals surface area contributed by atoms with Crippen LogP contribution in [-0.4, -0.2) is 16.5 Å². The van der Waals surface area contributed by atoms with Gasteiger partial charge in [-0.05, 0) is 25.3 Å². The molecule has 2 aromatic rings. The molecule has 0 aliphatic heterocycles. The number of hydrogen-bond acceptors (Lipinski definition) is 4. The quantitative estimate of drug-likeness (QED) is 0.796. The van der Waals surface area contributed by atoms with E-state index in [9.17, 15) is 0 Å². The van der Waals surface area contributed by atoms with Gasteiger partial charge in [-0.2, -0.15) is 0 Å². The van der Waals surface area contributed by atoms with Crippen molar-refractivity contribution in [1.82, 2.24) is 9.97 Å². The number of thiophene rings is 1. The Labute approximate surface area is 80.8 Å². The van der Waals surface area contributed by atoms with Gasteiger partial charge in [0.1, 0.15) is 16.5 Å². The summed E-state index contributed by atoms with van der Waals surface area (Å²) in [6.07, 6.45) is 0. The first-order valence-electron chi connectivity index (χ1n) is 4.27. The summed E-state index contributed by atoms with van der Waals surface area (Å²) in [5.41, 5.74) is 0. The van der Waals surface area contributed by atoms with Crippen molar-refractivity contribution in [3.63, 3.8) is 0 Å². The molecule has 0 bridgehead atoms. The first-order chi connectivity index (χ1) is 6.31. The number of aryl methyl sites for hydroxylation is 1. The highest BCUT2D eigenvalue weighted by molar-refractivity contribution is 7.16. The Morgan fingerprint density at radius 3 is 3.08 bits per heavy atom. The van der Waals surface area contributed by atoms with Gasteiger partial charge in [0, 0.05) is 6.54 Å². The molecule has 68 valence electrons. The zero-order chi connectivity index (χ0) is 9.26. The summed E-state index contributed by atoms with van der Waals surface area (Å²) in [7, 11) is 0. The second-order valence-corrected chi connectivity index (χ2v) is 3.68. The van der Waals surface area contributed by atoms with E-state index in [2.05, 4.69) is 28.3 Å². The van der Waals surface area contributed by atoms with Crippen molar-refractivity contribution >= 4 is 27.4 Å². The average molecular weight is 193 g/mol. The number of hydrogen-bond donors (Lipinski definition) is 1. The average Bonchev–Trinajstić information content (AvgIpc) is 2.52. The van der Waals surface area contributed by atoms with Crippen LogP contribution in [0.25, 0.3) is 10.2 Å². The maximum absolute atomic E-state index is 4.35. The van der Waals surface area contributed by atoms with E-state index >= 15 is 0 Å². The minimum absolute atomic E-state index is 0.825. The maximum atomic E-state index is 4.35. The van der Waals surface area contributed by atoms with Crippen LogP contribution in [-0.2, 0) is 0 Å². The predicted octanol–water partition coefficient (Wildman–Crippen LogP) is 2.43. The highest BCUT2D eigenvalue weighted by Crippen LogP contribution is 2.24. The number of nitrogens with zero attached hydrogens (tertiary/aromatic N) is 2. The fourth-order valence-corrected chi connectivity index (χ4v) is 2.07. The summed E-state index contributed by atoms with van der Waals surface area (Å²) in [5, 5.41) is 6.40. The molecule has 0 unspecified atom stereocenters. The SMILES string of the molecule is CCNc1nc(C)nc2sccc12. The van der Waals surface area contributed by atoms with Gasteiger partial charge >= 0.3 is 0 Å². The number of aromatic nitrogens is 2. The molecule has 0 saturated carbocycles. The van der Waals surface area contributed by atoms with Gasteiger partial charge in [0.2, 0.25) is 0 Å². The van der Waals surface area contributed by atoms with Crippen molar-refractivity contribution in [3.8, 4) is 0 Å². The third-order valence-electron chi connectivity index (χ3n) is 1.78. The molecule has 0 spiro atoms. The molecule has 3 nitrogen and oxygen atoms in total. The Morgan fingerprint density at radius 2 is 2.31 bits per heavy atom. The lowest BCUT2D eigenvalue weighted by Gasteiger charge is -2.03. The largest absolute Gasteiger partial charge is 0.370 e. The molecule has 2 rings (SSSR count). The van der Waals surface area contributed by atoms with E-state index in [4.69, 9.17) is 0 Å². The number of nitrogens with one attached hydrogen (secondary N) is 1. The van der Waals surface area contributed by atoms with Crippen LogP contribution in [0.5, 0.6) is 0 Å². The van der Waals surface area contributed by atoms with E-state index < -0.39 is 0 Å². The Bertz CT molecular complexity index is 422. The van der Waals surface area contributed by atoms with Gasteiger partial charge in [-0.3, -0.25) is 0 Å². The van der Waals surface area contributed by atoms with Crippen LogP contribution in [0.3, 0.4) is 0 Å². The second-order valence-electron chi connectivity index (χ2n) is 2.79. The Kier molecular flexibility index (Phi) is 2.14. The van der Waals surface area contributed by atoms with Crippen molar-refractivity contribution in [2.24, 2.45) is 0 Å². The van der Waals surface area contributed by atoms with Crippen LogP contribution in [0, 0.1) is 6.92 Å². The van der Waals surface area contributed by atoms with Gasteiger partial charge in [0.05, 0.1) is 5.39 Å². The molecule has 0 aromatic carbocycles. The van der Waals surface area contributed by atoms with Crippen molar-refractivity contribution < 1.29 is 0 Å². The molecule has 2 heterocycles. The molecule has 0 amide bonds. The fourth-order valence-electron chi connectivity index (χ4n) is 1.26. The molecule has 0 aliphatic rings. The third kappa shape index (κ3) is 1.49. The normalized spacial score (nSPS) is 10.6. The topological polar surface area (TPSA) is 37.8 Å². The van der Waals surface area contributed by atoms with Gasteiger partial charge in [0.15, 0.2) is 0 Å². The van der Waals surface area contributed by atoms with Gasteiger partial charge < -0.3 is 5.32 Å². The van der Waals surface area contributed by atoms with E-state index in [0.717, 1.165) is 28.4 Å². The van der Waals surface area contributed by atoms with Gasteiger partial charge in [-0.25, -0.2) is 9.97 Å². The van der Waals surface area contributed by atoms with Crippen LogP contribution in [0.1, 0.15) is 12.7 Å². The monoisotopic (exact) mass is 193 g/mol. The summed E-state index contributed by atoms with van der Waals surface area (Å²) >= 11 is 1.65. The lowest BCUT2D eigenvalue weighted by Crippen LogP contribution is -2.01. The van der Waals surface area contributed by atoms with Crippen molar-refractivity contribution in [1.29, 1.82) is 0 Å². The number of rotatable bonds is 2. The van der Waals surface area contributed by atoms with Gasteiger partial charge in [-0.1, -0.05) is 0 Å².